The molecule has 0 aromatic heterocycles. The molecular weight excluding hydrogens is 322 g/mol. The number of hydrogen-bond donors (Lipinski definition) is 0. The molecule has 0 saturated carbocycles. The van der Waals surface area contributed by atoms with E-state index in [1.54, 1.807) is 24.3 Å². The van der Waals surface area contributed by atoms with Crippen LogP contribution in [0.4, 0.5) is 0 Å². The Bertz CT molecular complexity index is 814. The van der Waals surface area contributed by atoms with Crippen molar-refractivity contribution in [2.75, 3.05) is 5.75 Å². The van der Waals surface area contributed by atoms with E-state index in [9.17, 15) is 13.2 Å². The quantitative estimate of drug-likeness (QED) is 0.800. The van der Waals surface area contributed by atoms with Gasteiger partial charge in [0.2, 0.25) is 10.0 Å². The number of hydrogen-bond acceptors (Lipinski definition) is 3. The van der Waals surface area contributed by atoms with E-state index in [0.717, 1.165) is 16.3 Å². The fourth-order valence-corrected chi connectivity index (χ4v) is 3.57. The molecule has 0 radical (unpaired) electrons. The predicted octanol–water partition coefficient (Wildman–Crippen LogP) is 3.41. The van der Waals surface area contributed by atoms with Gasteiger partial charge in [-0.25, -0.2) is 12.7 Å². The summed E-state index contributed by atoms with van der Waals surface area (Å²) in [5.74, 6) is -0.662. The highest BCUT2D eigenvalue weighted by molar-refractivity contribution is 7.89. The minimum Gasteiger partial charge on any atom is -0.268 e. The van der Waals surface area contributed by atoms with Crippen molar-refractivity contribution in [3.63, 3.8) is 0 Å². The summed E-state index contributed by atoms with van der Waals surface area (Å²) in [6.45, 7) is 5.67. The highest BCUT2D eigenvalue weighted by Crippen LogP contribution is 2.25. The topological polar surface area (TPSA) is 54.5 Å². The standard InChI is InChI=1S/C11H11NO3S.C8H10/c1-2-7-16(14,15)12-8-9-5-3-4-6-10(9)11(12)13;1-2-8-6-4-3-5-7-8/h2-6H,1,7-8H2;3-7H,2H2,1H3. The van der Waals surface area contributed by atoms with Crippen molar-refractivity contribution < 1.29 is 13.2 Å². The largest absolute Gasteiger partial charge is 0.268 e. The van der Waals surface area contributed by atoms with Crippen LogP contribution in [0.2, 0.25) is 0 Å². The Balaban J connectivity index is 0.000000219. The van der Waals surface area contributed by atoms with Crippen LogP contribution in [0.1, 0.15) is 28.4 Å². The van der Waals surface area contributed by atoms with Crippen LogP contribution in [-0.4, -0.2) is 24.4 Å². The second-order valence-electron chi connectivity index (χ2n) is 5.38. The second-order valence-corrected chi connectivity index (χ2v) is 7.31. The van der Waals surface area contributed by atoms with Crippen LogP contribution >= 0.6 is 0 Å². The molecule has 0 aliphatic carbocycles. The lowest BCUT2D eigenvalue weighted by molar-refractivity contribution is 0.0879. The number of benzene rings is 2. The number of aryl methyl sites for hydroxylation is 1. The summed E-state index contributed by atoms with van der Waals surface area (Å²) < 4.78 is 24.4. The summed E-state index contributed by atoms with van der Waals surface area (Å²) in [5, 5.41) is 0. The molecule has 0 N–H and O–H groups in total. The summed E-state index contributed by atoms with van der Waals surface area (Å²) in [6, 6.07) is 17.4. The second kappa shape index (κ2) is 7.93. The molecule has 0 spiro atoms. The van der Waals surface area contributed by atoms with E-state index in [0.29, 0.717) is 5.56 Å². The van der Waals surface area contributed by atoms with Crippen molar-refractivity contribution in [3.05, 3.63) is 83.9 Å². The Labute approximate surface area is 143 Å². The van der Waals surface area contributed by atoms with E-state index < -0.39 is 15.9 Å². The molecule has 1 aliphatic heterocycles. The van der Waals surface area contributed by atoms with Gasteiger partial charge in [-0.15, -0.1) is 6.58 Å². The van der Waals surface area contributed by atoms with Crippen molar-refractivity contribution in [2.24, 2.45) is 0 Å². The third kappa shape index (κ3) is 4.11. The molecule has 4 nitrogen and oxygen atoms in total. The fourth-order valence-electron chi connectivity index (χ4n) is 2.40. The molecule has 126 valence electrons. The Kier molecular flexibility index (Phi) is 5.93. The number of rotatable bonds is 4. The average Bonchev–Trinajstić information content (AvgIpc) is 2.94. The molecule has 1 aliphatic rings. The molecule has 0 atom stereocenters. The molecule has 2 aromatic carbocycles. The summed E-state index contributed by atoms with van der Waals surface area (Å²) >= 11 is 0. The molecule has 24 heavy (non-hydrogen) atoms. The van der Waals surface area contributed by atoms with Gasteiger partial charge in [-0.2, -0.15) is 0 Å². The maximum atomic E-state index is 11.8. The van der Waals surface area contributed by atoms with Gasteiger partial charge >= 0.3 is 0 Å². The number of carbonyl (C=O) groups is 1. The van der Waals surface area contributed by atoms with Crippen molar-refractivity contribution in [3.8, 4) is 0 Å². The Morgan fingerprint density at radius 3 is 2.25 bits per heavy atom. The molecule has 0 saturated heterocycles. The van der Waals surface area contributed by atoms with Crippen LogP contribution in [0.25, 0.3) is 0 Å². The van der Waals surface area contributed by atoms with Crippen molar-refractivity contribution in [1.82, 2.24) is 4.31 Å². The maximum Gasteiger partial charge on any atom is 0.268 e. The third-order valence-corrected chi connectivity index (χ3v) is 5.33. The zero-order valence-corrected chi connectivity index (χ0v) is 14.5. The van der Waals surface area contributed by atoms with Crippen LogP contribution in [0, 0.1) is 0 Å². The molecule has 0 fully saturated rings. The van der Waals surface area contributed by atoms with Gasteiger partial charge in [0.05, 0.1) is 12.3 Å². The molecule has 2 aromatic rings. The summed E-state index contributed by atoms with van der Waals surface area (Å²) in [7, 11) is -3.56. The normalized spacial score (nSPS) is 13.0. The monoisotopic (exact) mass is 343 g/mol. The summed E-state index contributed by atoms with van der Waals surface area (Å²) in [5.41, 5.74) is 2.63. The number of fused-ring (bicyclic) bond motifs is 1. The SMILES string of the molecule is C=CCS(=O)(=O)N1Cc2ccccc2C1=O.CCc1ccccc1. The lowest BCUT2D eigenvalue weighted by Crippen LogP contribution is -2.32. The molecule has 5 heteroatoms. The average molecular weight is 343 g/mol. The first-order valence-electron chi connectivity index (χ1n) is 7.77. The van der Waals surface area contributed by atoms with Crippen LogP contribution in [0.15, 0.2) is 67.3 Å². The number of carbonyl (C=O) groups excluding carboxylic acids is 1. The molecule has 0 unspecified atom stereocenters. The first-order chi connectivity index (χ1) is 11.5. The van der Waals surface area contributed by atoms with Gasteiger partial charge in [0.1, 0.15) is 0 Å². The molecule has 1 amide bonds. The van der Waals surface area contributed by atoms with Gasteiger partial charge in [-0.05, 0) is 23.6 Å². The van der Waals surface area contributed by atoms with Crippen molar-refractivity contribution in [1.29, 1.82) is 0 Å². The highest BCUT2D eigenvalue weighted by atomic mass is 32.2. The zero-order chi connectivity index (χ0) is 17.6. The van der Waals surface area contributed by atoms with E-state index in [4.69, 9.17) is 0 Å². The van der Waals surface area contributed by atoms with Gasteiger partial charge in [-0.1, -0.05) is 61.5 Å². The van der Waals surface area contributed by atoms with E-state index in [-0.39, 0.29) is 12.3 Å². The van der Waals surface area contributed by atoms with Crippen molar-refractivity contribution >= 4 is 15.9 Å². The number of nitrogens with zero attached hydrogens (tertiary/aromatic N) is 1. The maximum absolute atomic E-state index is 11.8. The van der Waals surface area contributed by atoms with Crippen LogP contribution < -0.4 is 0 Å². The van der Waals surface area contributed by atoms with E-state index in [1.165, 1.54) is 11.6 Å². The number of amides is 1. The highest BCUT2D eigenvalue weighted by Gasteiger charge is 2.34. The van der Waals surface area contributed by atoms with Crippen molar-refractivity contribution in [2.45, 2.75) is 19.9 Å². The van der Waals surface area contributed by atoms with Crippen LogP contribution in [-0.2, 0) is 23.0 Å². The van der Waals surface area contributed by atoms with E-state index in [2.05, 4.69) is 37.8 Å². The Morgan fingerprint density at radius 2 is 1.71 bits per heavy atom. The van der Waals surface area contributed by atoms with Crippen LogP contribution in [0.5, 0.6) is 0 Å². The van der Waals surface area contributed by atoms with E-state index in [1.807, 2.05) is 6.07 Å². The molecule has 0 bridgehead atoms. The minimum absolute atomic E-state index is 0.130. The third-order valence-electron chi connectivity index (χ3n) is 3.70. The number of sulfonamides is 1. The smallest absolute Gasteiger partial charge is 0.268 e. The zero-order valence-electron chi connectivity index (χ0n) is 13.7. The lowest BCUT2D eigenvalue weighted by Gasteiger charge is -2.14. The molecule has 3 rings (SSSR count). The van der Waals surface area contributed by atoms with Gasteiger partial charge in [-0.3, -0.25) is 4.79 Å². The van der Waals surface area contributed by atoms with Gasteiger partial charge in [0, 0.05) is 5.56 Å². The minimum atomic E-state index is -3.56. The molecular formula is C19H21NO3S. The summed E-state index contributed by atoms with van der Waals surface area (Å²) in [6.07, 6.45) is 2.42. The van der Waals surface area contributed by atoms with Gasteiger partial charge in [0.25, 0.3) is 5.91 Å². The predicted molar refractivity (Wildman–Crippen MR) is 96.1 cm³/mol. The Morgan fingerprint density at radius 1 is 1.08 bits per heavy atom. The Hall–Kier alpha value is -2.40. The fraction of sp³-hybridized carbons (Fsp3) is 0.211. The van der Waals surface area contributed by atoms with Crippen LogP contribution in [0.3, 0.4) is 0 Å². The van der Waals surface area contributed by atoms with Gasteiger partial charge < -0.3 is 0 Å². The summed E-state index contributed by atoms with van der Waals surface area (Å²) in [4.78, 5) is 11.8. The first-order valence-corrected chi connectivity index (χ1v) is 9.38. The molecule has 1 heterocycles. The lowest BCUT2D eigenvalue weighted by atomic mass is 10.1. The van der Waals surface area contributed by atoms with E-state index >= 15 is 0 Å². The first kappa shape index (κ1) is 17.9. The van der Waals surface area contributed by atoms with Gasteiger partial charge in [0.15, 0.2) is 0 Å².